The van der Waals surface area contributed by atoms with Gasteiger partial charge in [0.05, 0.1) is 28.0 Å². The van der Waals surface area contributed by atoms with Gasteiger partial charge >= 0.3 is 35.7 Å². The zero-order chi connectivity index (χ0) is 19.9. The Bertz CT molecular complexity index is 1110. The summed E-state index contributed by atoms with van der Waals surface area (Å²) in [5.41, 5.74) is -3.43. The molecule has 0 amide bonds. The van der Waals surface area contributed by atoms with Gasteiger partial charge < -0.3 is 14.9 Å². The van der Waals surface area contributed by atoms with E-state index >= 15 is 0 Å². The third-order valence-electron chi connectivity index (χ3n) is 4.02. The number of aromatic amines is 1. The van der Waals surface area contributed by atoms with E-state index in [1.165, 1.54) is 0 Å². The monoisotopic (exact) mass is 405 g/mol. The number of benzene rings is 2. The number of carbonyl (C=O) groups is 1. The molecule has 1 heterocycles. The Labute approximate surface area is 176 Å². The van der Waals surface area contributed by atoms with Gasteiger partial charge in [-0.1, -0.05) is 12.1 Å². The van der Waals surface area contributed by atoms with Crippen molar-refractivity contribution < 1.29 is 61.4 Å². The van der Waals surface area contributed by atoms with Crippen molar-refractivity contribution in [3.8, 4) is 0 Å². The van der Waals surface area contributed by atoms with Gasteiger partial charge in [0.2, 0.25) is 5.43 Å². The smallest absolute Gasteiger partial charge is 0.545 e. The number of alkyl halides is 3. The summed E-state index contributed by atoms with van der Waals surface area (Å²) in [6.45, 7) is 0. The van der Waals surface area contributed by atoms with Crippen molar-refractivity contribution in [2.45, 2.75) is 12.6 Å². The number of nitrogens with one attached hydrogen (secondary N) is 1. The van der Waals surface area contributed by atoms with E-state index in [1.54, 1.807) is 0 Å². The summed E-state index contributed by atoms with van der Waals surface area (Å²) in [7, 11) is 0. The molecule has 0 radical (unpaired) electrons. The molecule has 140 valence electrons. The molecule has 0 aliphatic heterocycles. The normalized spacial score (nSPS) is 11.3. The van der Waals surface area contributed by atoms with Gasteiger partial charge in [-0.05, 0) is 29.3 Å². The van der Waals surface area contributed by atoms with Crippen LogP contribution in [0.3, 0.4) is 0 Å². The minimum absolute atomic E-state index is 0. The number of H-pyrrole nitrogens is 1. The zero-order valence-corrected chi connectivity index (χ0v) is 16.3. The molecule has 28 heavy (non-hydrogen) atoms. The Morgan fingerprint density at radius 2 is 1.71 bits per heavy atom. The van der Waals surface area contributed by atoms with Crippen molar-refractivity contribution in [3.63, 3.8) is 0 Å². The number of halogens is 5. The molecule has 0 unspecified atom stereocenters. The number of carbonyl (C=O) groups excluding carboxylic acids is 1. The van der Waals surface area contributed by atoms with E-state index in [9.17, 15) is 36.6 Å². The number of fused-ring (bicyclic) bond motifs is 1. The van der Waals surface area contributed by atoms with Crippen LogP contribution in [-0.2, 0) is 12.6 Å². The Morgan fingerprint density at radius 3 is 2.25 bits per heavy atom. The molecule has 0 bridgehead atoms. The second-order valence-corrected chi connectivity index (χ2v) is 5.77. The maximum absolute atomic E-state index is 14.6. The summed E-state index contributed by atoms with van der Waals surface area (Å²) < 4.78 is 66.7. The number of pyridine rings is 1. The first kappa shape index (κ1) is 22.1. The summed E-state index contributed by atoms with van der Waals surface area (Å²) in [6.07, 6.45) is -4.06. The molecule has 0 fully saturated rings. The van der Waals surface area contributed by atoms with Gasteiger partial charge in [0.1, 0.15) is 5.82 Å². The Kier molecular flexibility index (Phi) is 6.32. The Balaban J connectivity index is 0.00000280. The summed E-state index contributed by atoms with van der Waals surface area (Å²) in [5, 5.41) is 10.1. The number of hydrogen-bond acceptors (Lipinski definition) is 3. The standard InChI is InChI=1S/C18H10F5NO3.Na/c19-12-6-9(5-8-1-3-10(4-2-8)18(21,22)23)14(20)15-13(12)16(25)11(7-24-15)17(26)27;/h1-4,6-7H,5H2,(H,24,25)(H,26,27);/q;+1/p-1. The quantitative estimate of drug-likeness (QED) is 0.484. The van der Waals surface area contributed by atoms with E-state index in [2.05, 4.69) is 4.98 Å². The second kappa shape index (κ2) is 8.02. The minimum atomic E-state index is -4.52. The number of aromatic carboxylic acids is 1. The molecule has 1 N–H and O–H groups in total. The van der Waals surface area contributed by atoms with Crippen LogP contribution in [0.1, 0.15) is 27.0 Å². The van der Waals surface area contributed by atoms with Gasteiger partial charge in [-0.15, -0.1) is 0 Å². The molecule has 0 atom stereocenters. The first-order valence-electron chi connectivity index (χ1n) is 7.49. The van der Waals surface area contributed by atoms with Crippen molar-refractivity contribution >= 4 is 16.9 Å². The average molecular weight is 405 g/mol. The van der Waals surface area contributed by atoms with Crippen molar-refractivity contribution in [2.75, 3.05) is 0 Å². The predicted octanol–water partition coefficient (Wildman–Crippen LogP) is -0.217. The topological polar surface area (TPSA) is 73.0 Å². The van der Waals surface area contributed by atoms with E-state index in [1.807, 2.05) is 0 Å². The molecule has 10 heteroatoms. The number of carboxylic acid groups (broad SMARTS) is 1. The van der Waals surface area contributed by atoms with E-state index in [4.69, 9.17) is 0 Å². The van der Waals surface area contributed by atoms with Gasteiger partial charge in [0.25, 0.3) is 0 Å². The molecule has 2 aromatic carbocycles. The van der Waals surface area contributed by atoms with Gasteiger partial charge in [-0.3, -0.25) is 4.79 Å². The molecule has 1 aromatic heterocycles. The number of aromatic nitrogens is 1. The molecular weight excluding hydrogens is 396 g/mol. The van der Waals surface area contributed by atoms with E-state index < -0.39 is 51.2 Å². The predicted molar refractivity (Wildman–Crippen MR) is 83.1 cm³/mol. The Morgan fingerprint density at radius 1 is 1.11 bits per heavy atom. The van der Waals surface area contributed by atoms with Gasteiger partial charge in [-0.2, -0.15) is 13.2 Å². The fourth-order valence-electron chi connectivity index (χ4n) is 2.69. The van der Waals surface area contributed by atoms with Crippen molar-refractivity contribution in [1.29, 1.82) is 0 Å². The SMILES string of the molecule is O=C([O-])c1c[nH]c2c(F)c(Cc3ccc(C(F)(F)F)cc3)cc(F)c2c1=O.[Na+]. The number of carboxylic acids is 1. The van der Waals surface area contributed by atoms with Crippen molar-refractivity contribution in [2.24, 2.45) is 0 Å². The van der Waals surface area contributed by atoms with Crippen LogP contribution in [0.5, 0.6) is 0 Å². The average Bonchev–Trinajstić information content (AvgIpc) is 2.58. The van der Waals surface area contributed by atoms with E-state index in [0.29, 0.717) is 12.3 Å². The molecule has 0 aliphatic rings. The van der Waals surface area contributed by atoms with Crippen LogP contribution in [0.2, 0.25) is 0 Å². The Hall–Kier alpha value is -2.23. The largest absolute Gasteiger partial charge is 1.00 e. The third kappa shape index (κ3) is 4.11. The summed E-state index contributed by atoms with van der Waals surface area (Å²) in [5.74, 6) is -4.00. The van der Waals surface area contributed by atoms with Crippen LogP contribution in [0.4, 0.5) is 22.0 Å². The molecule has 0 saturated heterocycles. The summed E-state index contributed by atoms with van der Waals surface area (Å²) in [4.78, 5) is 25.1. The molecular formula is C18H9F5NNaO3. The molecule has 0 saturated carbocycles. The van der Waals surface area contributed by atoms with Crippen molar-refractivity contribution in [3.05, 3.63) is 80.6 Å². The van der Waals surface area contributed by atoms with Gasteiger partial charge in [0, 0.05) is 12.6 Å². The summed E-state index contributed by atoms with van der Waals surface area (Å²) in [6, 6.07) is 4.61. The fraction of sp³-hybridized carbons (Fsp3) is 0.111. The molecule has 0 spiro atoms. The molecule has 3 rings (SSSR count). The number of hydrogen-bond donors (Lipinski definition) is 1. The first-order valence-corrected chi connectivity index (χ1v) is 7.49. The second-order valence-electron chi connectivity index (χ2n) is 5.77. The van der Waals surface area contributed by atoms with Gasteiger partial charge in [-0.25, -0.2) is 8.78 Å². The maximum Gasteiger partial charge on any atom is 1.00 e. The van der Waals surface area contributed by atoms with Gasteiger partial charge in [0.15, 0.2) is 5.82 Å². The van der Waals surface area contributed by atoms with E-state index in [-0.39, 0.29) is 47.1 Å². The molecule has 4 nitrogen and oxygen atoms in total. The third-order valence-corrected chi connectivity index (χ3v) is 4.02. The van der Waals surface area contributed by atoms with Crippen LogP contribution in [0.25, 0.3) is 10.9 Å². The van der Waals surface area contributed by atoms with Crippen LogP contribution in [0.15, 0.2) is 41.3 Å². The fourth-order valence-corrected chi connectivity index (χ4v) is 2.69. The van der Waals surface area contributed by atoms with Crippen LogP contribution in [-0.4, -0.2) is 11.0 Å². The van der Waals surface area contributed by atoms with Crippen LogP contribution < -0.4 is 40.1 Å². The summed E-state index contributed by atoms with van der Waals surface area (Å²) >= 11 is 0. The number of rotatable bonds is 3. The first-order chi connectivity index (χ1) is 12.6. The zero-order valence-electron chi connectivity index (χ0n) is 14.3. The maximum atomic E-state index is 14.6. The van der Waals surface area contributed by atoms with Crippen LogP contribution in [0, 0.1) is 11.6 Å². The molecule has 3 aromatic rings. The van der Waals surface area contributed by atoms with Crippen LogP contribution >= 0.6 is 0 Å². The van der Waals surface area contributed by atoms with E-state index in [0.717, 1.165) is 24.3 Å². The minimum Gasteiger partial charge on any atom is -0.545 e. The van der Waals surface area contributed by atoms with Crippen molar-refractivity contribution in [1.82, 2.24) is 4.98 Å². The molecule has 0 aliphatic carbocycles.